The first-order chi connectivity index (χ1) is 9.11. The normalized spacial score (nSPS) is 15.0. The number of fused-ring (bicyclic) bond motifs is 1. The van der Waals surface area contributed by atoms with E-state index in [-0.39, 0.29) is 30.7 Å². The third-order valence-corrected chi connectivity index (χ3v) is 3.21. The van der Waals surface area contributed by atoms with Gasteiger partial charge >= 0.3 is 0 Å². The highest BCUT2D eigenvalue weighted by Crippen LogP contribution is 2.24. The van der Waals surface area contributed by atoms with Crippen molar-refractivity contribution in [2.24, 2.45) is 5.73 Å². The summed E-state index contributed by atoms with van der Waals surface area (Å²) in [5, 5.41) is 2.70. The van der Waals surface area contributed by atoms with E-state index in [2.05, 4.69) is 5.32 Å². The quantitative estimate of drug-likeness (QED) is 0.883. The molecule has 1 aliphatic carbocycles. The fourth-order valence-corrected chi connectivity index (χ4v) is 2.20. The molecule has 1 aliphatic rings. The third kappa shape index (κ3) is 3.79. The Morgan fingerprint density at radius 1 is 1.45 bits per heavy atom. The van der Waals surface area contributed by atoms with E-state index in [0.29, 0.717) is 17.7 Å². The van der Waals surface area contributed by atoms with Crippen LogP contribution in [-0.2, 0) is 16.0 Å². The van der Waals surface area contributed by atoms with E-state index < -0.39 is 6.04 Å². The molecule has 110 valence electrons. The number of carbonyl (C=O) groups excluding carboxylic acids is 2. The van der Waals surface area contributed by atoms with E-state index in [4.69, 9.17) is 10.5 Å². The summed E-state index contributed by atoms with van der Waals surface area (Å²) in [5.74, 6) is -0.177. The van der Waals surface area contributed by atoms with Crippen molar-refractivity contribution in [1.82, 2.24) is 0 Å². The second-order valence-electron chi connectivity index (χ2n) is 4.70. The Hall–Kier alpha value is -1.43. The topological polar surface area (TPSA) is 81.4 Å². The van der Waals surface area contributed by atoms with Crippen molar-refractivity contribution in [3.05, 3.63) is 29.3 Å². The van der Waals surface area contributed by atoms with Gasteiger partial charge in [0, 0.05) is 24.8 Å². The monoisotopic (exact) mass is 298 g/mol. The SMILES string of the molecule is COCC(N)C(=O)Nc1ccc2c(c1)C(=O)CCC2.Cl. The number of rotatable bonds is 4. The molecule has 0 saturated carbocycles. The summed E-state index contributed by atoms with van der Waals surface area (Å²) in [4.78, 5) is 23.6. The second-order valence-corrected chi connectivity index (χ2v) is 4.70. The summed E-state index contributed by atoms with van der Waals surface area (Å²) in [6.45, 7) is 0.162. The maximum atomic E-state index is 11.8. The molecule has 0 spiro atoms. The molecule has 0 aromatic heterocycles. The van der Waals surface area contributed by atoms with E-state index in [9.17, 15) is 9.59 Å². The molecule has 1 atom stereocenters. The van der Waals surface area contributed by atoms with Gasteiger partial charge in [-0.2, -0.15) is 0 Å². The van der Waals surface area contributed by atoms with Crippen molar-refractivity contribution in [3.8, 4) is 0 Å². The number of halogens is 1. The number of amides is 1. The second kappa shape index (κ2) is 7.38. The lowest BCUT2D eigenvalue weighted by atomic mass is 9.90. The molecule has 0 heterocycles. The molecular weight excluding hydrogens is 280 g/mol. The van der Waals surface area contributed by atoms with Crippen molar-refractivity contribution in [3.63, 3.8) is 0 Å². The maximum Gasteiger partial charge on any atom is 0.243 e. The molecule has 3 N–H and O–H groups in total. The smallest absolute Gasteiger partial charge is 0.243 e. The van der Waals surface area contributed by atoms with Gasteiger partial charge in [-0.05, 0) is 30.5 Å². The van der Waals surface area contributed by atoms with E-state index >= 15 is 0 Å². The van der Waals surface area contributed by atoms with Gasteiger partial charge in [0.2, 0.25) is 5.91 Å². The average Bonchev–Trinajstić information content (AvgIpc) is 2.40. The van der Waals surface area contributed by atoms with Crippen molar-refractivity contribution in [2.45, 2.75) is 25.3 Å². The first kappa shape index (κ1) is 16.6. The van der Waals surface area contributed by atoms with E-state index in [1.165, 1.54) is 7.11 Å². The van der Waals surface area contributed by atoms with Crippen LogP contribution >= 0.6 is 12.4 Å². The summed E-state index contributed by atoms with van der Waals surface area (Å²) >= 11 is 0. The lowest BCUT2D eigenvalue weighted by Crippen LogP contribution is -2.39. The van der Waals surface area contributed by atoms with Gasteiger partial charge in [-0.3, -0.25) is 9.59 Å². The molecule has 2 rings (SSSR count). The Morgan fingerprint density at radius 2 is 2.20 bits per heavy atom. The Kier molecular flexibility index (Phi) is 6.13. The van der Waals surface area contributed by atoms with Crippen molar-refractivity contribution in [1.29, 1.82) is 0 Å². The number of hydrogen-bond donors (Lipinski definition) is 2. The summed E-state index contributed by atoms with van der Waals surface area (Å²) in [5.41, 5.74) is 8.00. The highest BCUT2D eigenvalue weighted by molar-refractivity contribution is 6.01. The number of hydrogen-bond acceptors (Lipinski definition) is 4. The number of ketones is 1. The Morgan fingerprint density at radius 3 is 2.90 bits per heavy atom. The molecule has 0 saturated heterocycles. The molecule has 6 heteroatoms. The summed E-state index contributed by atoms with van der Waals surface area (Å²) in [6.07, 6.45) is 2.39. The van der Waals surface area contributed by atoms with Gasteiger partial charge in [-0.25, -0.2) is 0 Å². The van der Waals surface area contributed by atoms with Crippen LogP contribution in [-0.4, -0.2) is 31.4 Å². The van der Waals surface area contributed by atoms with Crippen LogP contribution in [0.3, 0.4) is 0 Å². The van der Waals surface area contributed by atoms with Crippen LogP contribution < -0.4 is 11.1 Å². The summed E-state index contributed by atoms with van der Waals surface area (Å²) in [7, 11) is 1.49. The van der Waals surface area contributed by atoms with Crippen LogP contribution in [0.4, 0.5) is 5.69 Å². The van der Waals surface area contributed by atoms with Gasteiger partial charge in [-0.1, -0.05) is 6.07 Å². The van der Waals surface area contributed by atoms with Gasteiger partial charge in [0.05, 0.1) is 6.61 Å². The number of methoxy groups -OCH3 is 1. The lowest BCUT2D eigenvalue weighted by Gasteiger charge is -2.17. The molecule has 1 aromatic rings. The zero-order valence-electron chi connectivity index (χ0n) is 11.3. The number of benzene rings is 1. The predicted molar refractivity (Wildman–Crippen MR) is 79.4 cm³/mol. The first-order valence-corrected chi connectivity index (χ1v) is 6.33. The first-order valence-electron chi connectivity index (χ1n) is 6.33. The zero-order chi connectivity index (χ0) is 13.8. The number of Topliss-reactive ketones (excluding diaryl/α,β-unsaturated/α-hetero) is 1. The largest absolute Gasteiger partial charge is 0.383 e. The fraction of sp³-hybridized carbons (Fsp3) is 0.429. The number of ether oxygens (including phenoxy) is 1. The number of nitrogens with two attached hydrogens (primary N) is 1. The van der Waals surface area contributed by atoms with E-state index in [0.717, 1.165) is 18.4 Å². The Labute approximate surface area is 124 Å². The average molecular weight is 299 g/mol. The molecule has 0 aliphatic heterocycles. The van der Waals surface area contributed by atoms with Gasteiger partial charge in [0.25, 0.3) is 0 Å². The number of aryl methyl sites for hydroxylation is 1. The van der Waals surface area contributed by atoms with Crippen LogP contribution in [0.1, 0.15) is 28.8 Å². The van der Waals surface area contributed by atoms with E-state index in [1.807, 2.05) is 6.07 Å². The third-order valence-electron chi connectivity index (χ3n) is 3.21. The molecule has 0 radical (unpaired) electrons. The van der Waals surface area contributed by atoms with Gasteiger partial charge in [-0.15, -0.1) is 12.4 Å². The van der Waals surface area contributed by atoms with E-state index in [1.54, 1.807) is 12.1 Å². The van der Waals surface area contributed by atoms with Crippen molar-refractivity contribution in [2.75, 3.05) is 19.0 Å². The minimum absolute atomic E-state index is 0. The van der Waals surface area contributed by atoms with Crippen LogP contribution in [0.15, 0.2) is 18.2 Å². The van der Waals surface area contributed by atoms with Crippen LogP contribution in [0.25, 0.3) is 0 Å². The molecular formula is C14H19ClN2O3. The van der Waals surface area contributed by atoms with Gasteiger partial charge < -0.3 is 15.8 Å². The highest BCUT2D eigenvalue weighted by Gasteiger charge is 2.18. The highest BCUT2D eigenvalue weighted by atomic mass is 35.5. The van der Waals surface area contributed by atoms with Gasteiger partial charge in [0.1, 0.15) is 6.04 Å². The molecule has 0 fully saturated rings. The Bertz CT molecular complexity index is 505. The number of carbonyl (C=O) groups is 2. The molecule has 5 nitrogen and oxygen atoms in total. The molecule has 1 unspecified atom stereocenters. The lowest BCUT2D eigenvalue weighted by molar-refractivity contribution is -0.118. The molecule has 20 heavy (non-hydrogen) atoms. The summed E-state index contributed by atoms with van der Waals surface area (Å²) < 4.78 is 4.83. The maximum absolute atomic E-state index is 11.8. The predicted octanol–water partition coefficient (Wildman–Crippen LogP) is 1.54. The van der Waals surface area contributed by atoms with Crippen molar-refractivity contribution >= 4 is 29.8 Å². The van der Waals surface area contributed by atoms with Crippen LogP contribution in [0.2, 0.25) is 0 Å². The van der Waals surface area contributed by atoms with Gasteiger partial charge in [0.15, 0.2) is 5.78 Å². The molecule has 1 amide bonds. The van der Waals surface area contributed by atoms with Crippen LogP contribution in [0.5, 0.6) is 0 Å². The molecule has 0 bridgehead atoms. The number of anilines is 1. The Balaban J connectivity index is 0.00000200. The molecule has 1 aromatic carbocycles. The fourth-order valence-electron chi connectivity index (χ4n) is 2.20. The zero-order valence-corrected chi connectivity index (χ0v) is 12.2. The number of nitrogens with one attached hydrogen (secondary N) is 1. The minimum atomic E-state index is -0.711. The van der Waals surface area contributed by atoms with Crippen LogP contribution in [0, 0.1) is 0 Å². The van der Waals surface area contributed by atoms with Crippen molar-refractivity contribution < 1.29 is 14.3 Å². The minimum Gasteiger partial charge on any atom is -0.383 e. The summed E-state index contributed by atoms with van der Waals surface area (Å²) in [6, 6.07) is 4.71. The standard InChI is InChI=1S/C14H18N2O3.ClH/c1-19-8-12(15)14(18)16-10-6-5-9-3-2-4-13(17)11(9)7-10;/h5-7,12H,2-4,8,15H2,1H3,(H,16,18);1H.